The van der Waals surface area contributed by atoms with Crippen molar-refractivity contribution in [1.29, 1.82) is 0 Å². The van der Waals surface area contributed by atoms with Crippen molar-refractivity contribution in [3.05, 3.63) is 24.3 Å². The maximum atomic E-state index is 9.02. The molecule has 1 aromatic carbocycles. The van der Waals surface area contributed by atoms with Crippen LogP contribution in [0.3, 0.4) is 0 Å². The van der Waals surface area contributed by atoms with Crippen LogP contribution in [0.5, 0.6) is 5.75 Å². The first kappa shape index (κ1) is 11.5. The van der Waals surface area contributed by atoms with Crippen LogP contribution in [0.25, 0.3) is 0 Å². The molecule has 1 N–H and O–H groups in total. The normalized spacial score (nSPS) is 10.6. The average molecular weight is 232 g/mol. The molecular weight excluding hydrogens is 218 g/mol. The third-order valence-corrected chi connectivity index (χ3v) is 1.62. The number of phenols is 1. The molecule has 0 bridgehead atoms. The second-order valence-electron chi connectivity index (χ2n) is 3.53. The summed E-state index contributed by atoms with van der Waals surface area (Å²) in [6, 6.07) is 7.27. The van der Waals surface area contributed by atoms with Gasteiger partial charge in [0.15, 0.2) is 0 Å². The van der Waals surface area contributed by atoms with Crippen LogP contribution in [-0.4, -0.2) is 26.2 Å². The van der Waals surface area contributed by atoms with Crippen LogP contribution in [0.2, 0.25) is 0 Å². The third-order valence-electron chi connectivity index (χ3n) is 1.62. The van der Waals surface area contributed by atoms with Gasteiger partial charge >= 0.3 is 0 Å². The summed E-state index contributed by atoms with van der Waals surface area (Å²) in [4.78, 5) is 0. The Kier molecular flexibility index (Phi) is 3.74. The number of halogens is 1. The Bertz CT molecular complexity index is 238. The van der Waals surface area contributed by atoms with E-state index >= 15 is 0 Å². The molecule has 0 spiro atoms. The summed E-state index contributed by atoms with van der Waals surface area (Å²) in [7, 11) is 6.27. The summed E-state index contributed by atoms with van der Waals surface area (Å²) in [5, 5.41) is 9.02. The smallest absolute Gasteiger partial charge is 0.132 e. The van der Waals surface area contributed by atoms with Crippen molar-refractivity contribution >= 4 is 5.69 Å². The van der Waals surface area contributed by atoms with Crippen LogP contribution in [0.4, 0.5) is 5.69 Å². The Morgan fingerprint density at radius 1 is 1.00 bits per heavy atom. The van der Waals surface area contributed by atoms with Gasteiger partial charge in [0.05, 0.1) is 21.1 Å². The fourth-order valence-electron chi connectivity index (χ4n) is 0.900. The average Bonchev–Trinajstić information content (AvgIpc) is 1.86. The Hall–Kier alpha value is -0.540. The van der Waals surface area contributed by atoms with E-state index in [0.29, 0.717) is 5.75 Å². The zero-order valence-corrected chi connectivity index (χ0v) is 9.17. The molecule has 0 unspecified atom stereocenters. The molecule has 0 aliphatic carbocycles. The number of phenolic OH excluding ortho intramolecular Hbond substituents is 1. The number of hydrogen-bond donors (Lipinski definition) is 1. The standard InChI is InChI=1S/C9H13NO.BrH/c1-10(2,3)8-4-6-9(11)7-5-8;/h4-7H,1-3H3;1H. The van der Waals surface area contributed by atoms with E-state index < -0.39 is 0 Å². The number of benzene rings is 1. The monoisotopic (exact) mass is 231 g/mol. The molecule has 0 fully saturated rings. The van der Waals surface area contributed by atoms with Gasteiger partial charge in [0.25, 0.3) is 0 Å². The molecule has 0 saturated heterocycles. The minimum Gasteiger partial charge on any atom is -1.00 e. The highest BCUT2D eigenvalue weighted by molar-refractivity contribution is 5.44. The number of hydrogen-bond acceptors (Lipinski definition) is 1. The van der Waals surface area contributed by atoms with Crippen molar-refractivity contribution in [1.82, 2.24) is 4.48 Å². The van der Waals surface area contributed by atoms with E-state index in [0.717, 1.165) is 4.48 Å². The van der Waals surface area contributed by atoms with Gasteiger partial charge < -0.3 is 22.1 Å². The van der Waals surface area contributed by atoms with Crippen LogP contribution in [0, 0.1) is 0 Å². The first-order valence-corrected chi connectivity index (χ1v) is 3.61. The van der Waals surface area contributed by atoms with Crippen LogP contribution in [0.15, 0.2) is 24.3 Å². The molecule has 0 heterocycles. The summed E-state index contributed by atoms with van der Waals surface area (Å²) in [5.74, 6) is 0.321. The van der Waals surface area contributed by atoms with Crippen LogP contribution in [0.1, 0.15) is 0 Å². The Morgan fingerprint density at radius 3 is 1.75 bits per heavy atom. The maximum absolute atomic E-state index is 9.02. The second-order valence-corrected chi connectivity index (χ2v) is 3.53. The van der Waals surface area contributed by atoms with Crippen LogP contribution in [-0.2, 0) is 0 Å². The van der Waals surface area contributed by atoms with Crippen molar-refractivity contribution < 1.29 is 22.1 Å². The summed E-state index contributed by atoms with van der Waals surface area (Å²) < 4.78 is 0.778. The van der Waals surface area contributed by atoms with Gasteiger partial charge in [-0.3, -0.25) is 4.48 Å². The minimum absolute atomic E-state index is 0. The third kappa shape index (κ3) is 2.83. The van der Waals surface area contributed by atoms with Gasteiger partial charge in [-0.05, 0) is 12.1 Å². The van der Waals surface area contributed by atoms with Gasteiger partial charge in [0.1, 0.15) is 11.4 Å². The van der Waals surface area contributed by atoms with E-state index in [1.54, 1.807) is 12.1 Å². The number of aromatic hydroxyl groups is 1. The Morgan fingerprint density at radius 2 is 1.42 bits per heavy atom. The molecule has 0 saturated carbocycles. The molecule has 68 valence electrons. The van der Waals surface area contributed by atoms with Gasteiger partial charge in [0, 0.05) is 12.1 Å². The molecule has 1 rings (SSSR count). The van der Waals surface area contributed by atoms with Crippen molar-refractivity contribution in [2.75, 3.05) is 21.1 Å². The molecule has 0 atom stereocenters. The SMILES string of the molecule is C[N+](C)(C)c1ccc(O)cc1.[Br-]. The van der Waals surface area contributed by atoms with Gasteiger partial charge in [0.2, 0.25) is 0 Å². The lowest BCUT2D eigenvalue weighted by Crippen LogP contribution is -3.00. The molecule has 3 heteroatoms. The predicted molar refractivity (Wildman–Crippen MR) is 47.7 cm³/mol. The number of nitrogens with zero attached hydrogens (tertiary/aromatic N) is 1. The first-order valence-electron chi connectivity index (χ1n) is 3.61. The minimum atomic E-state index is 0. The zero-order valence-electron chi connectivity index (χ0n) is 7.58. The molecule has 0 amide bonds. The van der Waals surface area contributed by atoms with Crippen molar-refractivity contribution in [3.63, 3.8) is 0 Å². The van der Waals surface area contributed by atoms with Crippen LogP contribution < -0.4 is 21.5 Å². The van der Waals surface area contributed by atoms with Gasteiger partial charge in [-0.1, -0.05) is 0 Å². The Labute approximate surface area is 83.8 Å². The fraction of sp³-hybridized carbons (Fsp3) is 0.333. The summed E-state index contributed by atoms with van der Waals surface area (Å²) in [5.41, 5.74) is 1.18. The highest BCUT2D eigenvalue weighted by Crippen LogP contribution is 2.19. The maximum Gasteiger partial charge on any atom is 0.132 e. The zero-order chi connectivity index (χ0) is 8.48. The molecule has 1 aromatic rings. The predicted octanol–water partition coefficient (Wildman–Crippen LogP) is -1.41. The largest absolute Gasteiger partial charge is 1.00 e. The highest BCUT2D eigenvalue weighted by Gasteiger charge is 2.10. The Balaban J connectivity index is 0.00000121. The van der Waals surface area contributed by atoms with Crippen molar-refractivity contribution in [2.24, 2.45) is 0 Å². The molecule has 0 radical (unpaired) electrons. The number of rotatable bonds is 1. The van der Waals surface area contributed by atoms with E-state index in [2.05, 4.69) is 21.1 Å². The van der Waals surface area contributed by atoms with E-state index in [9.17, 15) is 0 Å². The van der Waals surface area contributed by atoms with Crippen LogP contribution >= 0.6 is 0 Å². The topological polar surface area (TPSA) is 20.2 Å². The van der Waals surface area contributed by atoms with Gasteiger partial charge in [-0.15, -0.1) is 0 Å². The molecular formula is C9H14BrNO. The van der Waals surface area contributed by atoms with Gasteiger partial charge in [-0.2, -0.15) is 0 Å². The quantitative estimate of drug-likeness (QED) is 0.590. The second kappa shape index (κ2) is 3.92. The first-order chi connectivity index (χ1) is 5.00. The molecule has 0 aliphatic rings. The lowest BCUT2D eigenvalue weighted by Gasteiger charge is -2.22. The molecule has 2 nitrogen and oxygen atoms in total. The summed E-state index contributed by atoms with van der Waals surface area (Å²) >= 11 is 0. The van der Waals surface area contributed by atoms with E-state index in [-0.39, 0.29) is 17.0 Å². The molecule has 0 aromatic heterocycles. The molecule has 12 heavy (non-hydrogen) atoms. The highest BCUT2D eigenvalue weighted by atomic mass is 79.9. The van der Waals surface area contributed by atoms with E-state index in [4.69, 9.17) is 5.11 Å². The molecule has 0 aliphatic heterocycles. The van der Waals surface area contributed by atoms with E-state index in [1.165, 1.54) is 5.69 Å². The summed E-state index contributed by atoms with van der Waals surface area (Å²) in [6.45, 7) is 0. The van der Waals surface area contributed by atoms with Crippen molar-refractivity contribution in [2.45, 2.75) is 0 Å². The summed E-state index contributed by atoms with van der Waals surface area (Å²) in [6.07, 6.45) is 0. The number of quaternary nitrogens is 1. The van der Waals surface area contributed by atoms with E-state index in [1.807, 2.05) is 12.1 Å². The lowest BCUT2D eigenvalue weighted by atomic mass is 10.2. The lowest BCUT2D eigenvalue weighted by molar-refractivity contribution is -0.00000362. The van der Waals surface area contributed by atoms with Gasteiger partial charge in [-0.25, -0.2) is 0 Å². The fourth-order valence-corrected chi connectivity index (χ4v) is 0.900. The van der Waals surface area contributed by atoms with Crippen molar-refractivity contribution in [3.8, 4) is 5.75 Å².